The van der Waals surface area contributed by atoms with Crippen molar-refractivity contribution >= 4 is 23.3 Å². The molecule has 2 atom stereocenters. The number of esters is 1. The third-order valence-electron chi connectivity index (χ3n) is 8.22. The summed E-state index contributed by atoms with van der Waals surface area (Å²) in [5.41, 5.74) is 3.68. The second kappa shape index (κ2) is 12.3. The Bertz CT molecular complexity index is 1670. The van der Waals surface area contributed by atoms with Gasteiger partial charge in [0.25, 0.3) is 0 Å². The SMILES string of the molecule is CCOC(=O)c1cc(NC(=O)N[C@H]2CC[C@@H](Oc3ccc4nnc(C(C)(C)CC)n4c3)c3ccccc32)cc(C(C)(C)C)n1. The number of pyridine rings is 2. The van der Waals surface area contributed by atoms with Gasteiger partial charge >= 0.3 is 12.0 Å². The number of ether oxygens (including phenoxy) is 2. The molecule has 0 unspecified atom stereocenters. The number of carbonyl (C=O) groups excluding carboxylic acids is 2. The molecule has 0 saturated heterocycles. The fourth-order valence-corrected chi connectivity index (χ4v) is 5.37. The predicted molar refractivity (Wildman–Crippen MR) is 169 cm³/mol. The number of urea groups is 1. The quantitative estimate of drug-likeness (QED) is 0.208. The number of benzene rings is 1. The molecule has 1 aliphatic carbocycles. The van der Waals surface area contributed by atoms with Gasteiger partial charge in [0.05, 0.1) is 18.8 Å². The number of amides is 2. The van der Waals surface area contributed by atoms with Crippen molar-refractivity contribution in [1.29, 1.82) is 0 Å². The van der Waals surface area contributed by atoms with E-state index in [0.717, 1.165) is 34.8 Å². The number of fused-ring (bicyclic) bond motifs is 2. The second-order valence-corrected chi connectivity index (χ2v) is 12.9. The molecule has 0 bridgehead atoms. The first kappa shape index (κ1) is 31.0. The smallest absolute Gasteiger partial charge is 0.356 e. The molecule has 1 aromatic carbocycles. The molecule has 0 fully saturated rings. The van der Waals surface area contributed by atoms with E-state index in [9.17, 15) is 9.59 Å². The molecule has 0 saturated carbocycles. The maximum atomic E-state index is 13.3. The van der Waals surface area contributed by atoms with Crippen molar-refractivity contribution in [3.8, 4) is 5.75 Å². The summed E-state index contributed by atoms with van der Waals surface area (Å²) in [4.78, 5) is 30.2. The summed E-state index contributed by atoms with van der Waals surface area (Å²) in [5, 5.41) is 14.8. The van der Waals surface area contributed by atoms with Crippen molar-refractivity contribution in [3.63, 3.8) is 0 Å². The van der Waals surface area contributed by atoms with Crippen LogP contribution in [-0.2, 0) is 15.6 Å². The molecule has 3 aromatic heterocycles. The van der Waals surface area contributed by atoms with Crippen LogP contribution in [0.15, 0.2) is 54.7 Å². The number of rotatable bonds is 8. The minimum atomic E-state index is -0.525. The van der Waals surface area contributed by atoms with Crippen molar-refractivity contribution in [1.82, 2.24) is 24.9 Å². The Morgan fingerprint density at radius 2 is 1.73 bits per heavy atom. The molecular weight excluding hydrogens is 556 g/mol. The topological polar surface area (TPSA) is 120 Å². The van der Waals surface area contributed by atoms with Crippen LogP contribution >= 0.6 is 0 Å². The largest absolute Gasteiger partial charge is 0.484 e. The lowest BCUT2D eigenvalue weighted by Crippen LogP contribution is -2.35. The van der Waals surface area contributed by atoms with Gasteiger partial charge in [-0.05, 0) is 61.6 Å². The lowest BCUT2D eigenvalue weighted by Gasteiger charge is -2.32. The van der Waals surface area contributed by atoms with Crippen molar-refractivity contribution in [2.75, 3.05) is 11.9 Å². The minimum Gasteiger partial charge on any atom is -0.484 e. The molecule has 3 heterocycles. The average Bonchev–Trinajstić information content (AvgIpc) is 3.42. The predicted octanol–water partition coefficient (Wildman–Crippen LogP) is 7.06. The van der Waals surface area contributed by atoms with Crippen molar-refractivity contribution < 1.29 is 19.1 Å². The maximum Gasteiger partial charge on any atom is 0.356 e. The van der Waals surface area contributed by atoms with E-state index in [1.54, 1.807) is 19.1 Å². The zero-order valence-electron chi connectivity index (χ0n) is 26.6. The fraction of sp³-hybridized carbons (Fsp3) is 0.441. The fourth-order valence-electron chi connectivity index (χ4n) is 5.37. The number of carbonyl (C=O) groups is 2. The Morgan fingerprint density at radius 1 is 0.977 bits per heavy atom. The highest BCUT2D eigenvalue weighted by molar-refractivity contribution is 5.93. The van der Waals surface area contributed by atoms with Gasteiger partial charge in [-0.15, -0.1) is 10.2 Å². The number of nitrogens with zero attached hydrogens (tertiary/aromatic N) is 4. The van der Waals surface area contributed by atoms with Crippen LogP contribution in [0.1, 0.15) is 113 Å². The van der Waals surface area contributed by atoms with Crippen LogP contribution in [0.25, 0.3) is 5.65 Å². The van der Waals surface area contributed by atoms with E-state index < -0.39 is 5.97 Å². The van der Waals surface area contributed by atoms with E-state index in [2.05, 4.69) is 52.7 Å². The lowest BCUT2D eigenvalue weighted by molar-refractivity contribution is 0.0519. The van der Waals surface area contributed by atoms with Crippen LogP contribution in [0.2, 0.25) is 0 Å². The normalized spacial score (nSPS) is 16.7. The van der Waals surface area contributed by atoms with Crippen LogP contribution in [-0.4, -0.2) is 38.2 Å². The van der Waals surface area contributed by atoms with E-state index in [1.165, 1.54) is 0 Å². The summed E-state index contributed by atoms with van der Waals surface area (Å²) in [7, 11) is 0. The van der Waals surface area contributed by atoms with E-state index in [-0.39, 0.29) is 41.3 Å². The van der Waals surface area contributed by atoms with Gasteiger partial charge < -0.3 is 20.1 Å². The van der Waals surface area contributed by atoms with Gasteiger partial charge in [0.15, 0.2) is 11.3 Å². The third-order valence-corrected chi connectivity index (χ3v) is 8.22. The van der Waals surface area contributed by atoms with Crippen LogP contribution < -0.4 is 15.4 Å². The first-order valence-electron chi connectivity index (χ1n) is 15.3. The molecule has 2 amide bonds. The number of anilines is 1. The van der Waals surface area contributed by atoms with Crippen LogP contribution in [0.4, 0.5) is 10.5 Å². The van der Waals surface area contributed by atoms with Gasteiger partial charge in [0.1, 0.15) is 17.7 Å². The molecule has 0 radical (unpaired) electrons. The summed E-state index contributed by atoms with van der Waals surface area (Å²) in [6, 6.07) is 14.7. The van der Waals surface area contributed by atoms with Gasteiger partial charge in [-0.1, -0.05) is 65.8 Å². The highest BCUT2D eigenvalue weighted by Crippen LogP contribution is 2.39. The van der Waals surface area contributed by atoms with Gasteiger partial charge in [-0.25, -0.2) is 14.6 Å². The van der Waals surface area contributed by atoms with E-state index in [4.69, 9.17) is 9.47 Å². The van der Waals surface area contributed by atoms with Gasteiger partial charge in [-0.3, -0.25) is 4.40 Å². The molecule has 0 aliphatic heterocycles. The Balaban J connectivity index is 1.33. The Hall–Kier alpha value is -4.47. The standard InChI is InChI=1S/C34H42N6O4/c1-8-34(6,7)31-39-38-29-17-14-22(20-40(29)31)44-27-16-15-25(23-12-10-11-13-24(23)27)37-32(42)35-21-18-26(30(41)43-9-2)36-28(19-21)33(3,4)5/h10-14,17-20,25,27H,8-9,15-16H2,1-7H3,(H2,35,36,37,42)/t25-,27+/m0/s1. The zero-order valence-corrected chi connectivity index (χ0v) is 26.6. The Morgan fingerprint density at radius 3 is 2.43 bits per heavy atom. The first-order valence-corrected chi connectivity index (χ1v) is 15.3. The maximum absolute atomic E-state index is 13.3. The van der Waals surface area contributed by atoms with Crippen LogP contribution in [0, 0.1) is 0 Å². The second-order valence-electron chi connectivity index (χ2n) is 12.9. The highest BCUT2D eigenvalue weighted by atomic mass is 16.5. The molecule has 5 rings (SSSR count). The minimum absolute atomic E-state index is 0.125. The lowest BCUT2D eigenvalue weighted by atomic mass is 9.85. The molecule has 10 nitrogen and oxygen atoms in total. The summed E-state index contributed by atoms with van der Waals surface area (Å²) < 4.78 is 13.7. The Labute approximate surface area is 258 Å². The summed E-state index contributed by atoms with van der Waals surface area (Å²) in [5.74, 6) is 1.11. The molecule has 10 heteroatoms. The first-order chi connectivity index (χ1) is 20.9. The summed E-state index contributed by atoms with van der Waals surface area (Å²) >= 11 is 0. The Kier molecular flexibility index (Phi) is 8.63. The van der Waals surface area contributed by atoms with E-state index in [1.807, 2.05) is 61.7 Å². The monoisotopic (exact) mass is 598 g/mol. The van der Waals surface area contributed by atoms with Crippen molar-refractivity contribution in [2.45, 2.75) is 90.7 Å². The van der Waals surface area contributed by atoms with Crippen LogP contribution in [0.3, 0.4) is 0 Å². The highest BCUT2D eigenvalue weighted by Gasteiger charge is 2.30. The zero-order chi connectivity index (χ0) is 31.6. The third kappa shape index (κ3) is 6.54. The molecular formula is C34H42N6O4. The van der Waals surface area contributed by atoms with Gasteiger partial charge in [0, 0.05) is 22.2 Å². The average molecular weight is 599 g/mol. The summed E-state index contributed by atoms with van der Waals surface area (Å²) in [6.07, 6.45) is 4.13. The molecule has 4 aromatic rings. The van der Waals surface area contributed by atoms with Crippen molar-refractivity contribution in [2.24, 2.45) is 0 Å². The van der Waals surface area contributed by atoms with Crippen molar-refractivity contribution in [3.05, 3.63) is 83.1 Å². The number of aromatic nitrogens is 4. The summed E-state index contributed by atoms with van der Waals surface area (Å²) in [6.45, 7) is 14.5. The van der Waals surface area contributed by atoms with Gasteiger partial charge in [0.2, 0.25) is 0 Å². The molecule has 1 aliphatic rings. The van der Waals surface area contributed by atoms with Crippen LogP contribution in [0.5, 0.6) is 5.75 Å². The molecule has 44 heavy (non-hydrogen) atoms. The molecule has 232 valence electrons. The molecule has 2 N–H and O–H groups in total. The van der Waals surface area contributed by atoms with Gasteiger partial charge in [-0.2, -0.15) is 0 Å². The number of nitrogens with one attached hydrogen (secondary N) is 2. The van der Waals surface area contributed by atoms with E-state index >= 15 is 0 Å². The molecule has 0 spiro atoms. The number of hydrogen-bond donors (Lipinski definition) is 2. The van der Waals surface area contributed by atoms with E-state index in [0.29, 0.717) is 24.2 Å². The number of hydrogen-bond acceptors (Lipinski definition) is 7.